The van der Waals surface area contributed by atoms with Crippen LogP contribution in [-0.4, -0.2) is 26.0 Å². The molecule has 20 heavy (non-hydrogen) atoms. The largest absolute Gasteiger partial charge is 0.352 e. The van der Waals surface area contributed by atoms with Crippen LogP contribution in [0.15, 0.2) is 23.2 Å². The van der Waals surface area contributed by atoms with E-state index in [9.17, 15) is 8.42 Å². The molecule has 1 fully saturated rings. The first kappa shape index (κ1) is 15.3. The fourth-order valence-corrected chi connectivity index (χ4v) is 3.55. The molecule has 1 saturated heterocycles. The molecule has 6 heteroatoms. The molecule has 112 valence electrons. The number of nitrogens with two attached hydrogens (primary N) is 1. The van der Waals surface area contributed by atoms with E-state index in [-0.39, 0.29) is 10.3 Å². The third-order valence-corrected chi connectivity index (χ3v) is 4.49. The molecule has 0 aromatic carbocycles. The van der Waals surface area contributed by atoms with Crippen LogP contribution in [0.1, 0.15) is 40.0 Å². The first-order valence-corrected chi connectivity index (χ1v) is 8.47. The molecule has 0 saturated carbocycles. The average molecular weight is 297 g/mol. The lowest BCUT2D eigenvalue weighted by atomic mass is 9.87. The first-order chi connectivity index (χ1) is 9.18. The maximum Gasteiger partial charge on any atom is 0.241 e. The summed E-state index contributed by atoms with van der Waals surface area (Å²) in [6.07, 6.45) is 4.75. The summed E-state index contributed by atoms with van der Waals surface area (Å²) in [4.78, 5) is 6.50. The minimum Gasteiger partial charge on any atom is -0.352 e. The van der Waals surface area contributed by atoms with Crippen LogP contribution < -0.4 is 10.0 Å². The minimum absolute atomic E-state index is 0.126. The summed E-state index contributed by atoms with van der Waals surface area (Å²) >= 11 is 0. The zero-order chi connectivity index (χ0) is 15.0. The van der Waals surface area contributed by atoms with E-state index in [2.05, 4.69) is 30.7 Å². The Hall–Kier alpha value is -1.14. The van der Waals surface area contributed by atoms with Gasteiger partial charge in [-0.2, -0.15) is 0 Å². The third-order valence-electron chi connectivity index (χ3n) is 3.55. The van der Waals surface area contributed by atoms with E-state index in [1.165, 1.54) is 6.07 Å². The van der Waals surface area contributed by atoms with E-state index in [0.717, 1.165) is 25.8 Å². The van der Waals surface area contributed by atoms with Crippen molar-refractivity contribution in [2.24, 2.45) is 10.6 Å². The third kappa shape index (κ3) is 3.49. The molecule has 0 bridgehead atoms. The quantitative estimate of drug-likeness (QED) is 0.927. The highest BCUT2D eigenvalue weighted by Gasteiger charge is 2.32. The van der Waals surface area contributed by atoms with Gasteiger partial charge in [0.1, 0.15) is 10.7 Å². The topological polar surface area (TPSA) is 76.3 Å². The summed E-state index contributed by atoms with van der Waals surface area (Å²) in [6, 6.07) is 3.47. The van der Waals surface area contributed by atoms with Crippen LogP contribution in [0, 0.1) is 5.41 Å². The molecule has 1 aromatic rings. The van der Waals surface area contributed by atoms with Crippen LogP contribution in [0.4, 0.5) is 5.82 Å². The van der Waals surface area contributed by atoms with E-state index in [1.807, 2.05) is 0 Å². The number of aromatic nitrogens is 1. The molecule has 2 heterocycles. The van der Waals surface area contributed by atoms with Gasteiger partial charge in [-0.25, -0.2) is 18.5 Å². The highest BCUT2D eigenvalue weighted by molar-refractivity contribution is 7.89. The molecule has 2 N–H and O–H groups in total. The lowest BCUT2D eigenvalue weighted by Crippen LogP contribution is -2.34. The summed E-state index contributed by atoms with van der Waals surface area (Å²) in [6.45, 7) is 7.42. The van der Waals surface area contributed by atoms with Crippen LogP contribution in [0.25, 0.3) is 0 Å². The lowest BCUT2D eigenvalue weighted by molar-refractivity contribution is 0.338. The zero-order valence-electron chi connectivity index (χ0n) is 12.3. The molecule has 0 unspecified atom stereocenters. The predicted molar refractivity (Wildman–Crippen MR) is 80.1 cm³/mol. The van der Waals surface area contributed by atoms with Crippen molar-refractivity contribution in [3.8, 4) is 0 Å². The standard InChI is InChI=1S/C14H23N3O2S/c1-14(2,3)10-11-6-5-9-17(11)13-12(20(15,18)19)7-4-8-16-13/h4,7-8,11H,5-6,9-10H2,1-3H3,(H2,15,18,19)/t11-/m0/s1. The van der Waals surface area contributed by atoms with Crippen molar-refractivity contribution in [1.82, 2.24) is 4.98 Å². The maximum atomic E-state index is 11.7. The van der Waals surface area contributed by atoms with Gasteiger partial charge in [0.15, 0.2) is 0 Å². The number of hydrogen-bond donors (Lipinski definition) is 1. The van der Waals surface area contributed by atoms with Gasteiger partial charge in [-0.15, -0.1) is 0 Å². The SMILES string of the molecule is CC(C)(C)C[C@@H]1CCCN1c1ncccc1S(N)(=O)=O. The van der Waals surface area contributed by atoms with E-state index < -0.39 is 10.0 Å². The summed E-state index contributed by atoms with van der Waals surface area (Å²) in [5.41, 5.74) is 0.198. The maximum absolute atomic E-state index is 11.7. The summed E-state index contributed by atoms with van der Waals surface area (Å²) in [7, 11) is -3.74. The van der Waals surface area contributed by atoms with Crippen molar-refractivity contribution in [2.75, 3.05) is 11.4 Å². The van der Waals surface area contributed by atoms with Crippen molar-refractivity contribution >= 4 is 15.8 Å². The molecule has 1 atom stereocenters. The molecular formula is C14H23N3O2S. The second kappa shape index (κ2) is 5.33. The number of anilines is 1. The molecule has 1 aliphatic heterocycles. The van der Waals surface area contributed by atoms with Crippen molar-refractivity contribution in [3.63, 3.8) is 0 Å². The van der Waals surface area contributed by atoms with E-state index in [4.69, 9.17) is 5.14 Å². The fraction of sp³-hybridized carbons (Fsp3) is 0.643. The molecular weight excluding hydrogens is 274 g/mol. The summed E-state index contributed by atoms with van der Waals surface area (Å²) in [5, 5.41) is 5.30. The number of pyridine rings is 1. The monoisotopic (exact) mass is 297 g/mol. The summed E-state index contributed by atoms with van der Waals surface area (Å²) in [5.74, 6) is 0.502. The van der Waals surface area contributed by atoms with Crippen LogP contribution in [0.5, 0.6) is 0 Å². The van der Waals surface area contributed by atoms with E-state index >= 15 is 0 Å². The molecule has 1 aromatic heterocycles. The Morgan fingerprint density at radius 1 is 1.45 bits per heavy atom. The Morgan fingerprint density at radius 3 is 2.75 bits per heavy atom. The van der Waals surface area contributed by atoms with Crippen LogP contribution in [0.3, 0.4) is 0 Å². The van der Waals surface area contributed by atoms with Gasteiger partial charge in [-0.1, -0.05) is 20.8 Å². The Balaban J connectivity index is 2.36. The highest BCUT2D eigenvalue weighted by Crippen LogP contribution is 2.34. The Labute approximate surface area is 121 Å². The van der Waals surface area contributed by atoms with Crippen molar-refractivity contribution in [3.05, 3.63) is 18.3 Å². The molecule has 0 radical (unpaired) electrons. The first-order valence-electron chi connectivity index (χ1n) is 6.93. The number of rotatable bonds is 3. The summed E-state index contributed by atoms with van der Waals surface area (Å²) < 4.78 is 23.4. The van der Waals surface area contributed by atoms with Gasteiger partial charge in [0, 0.05) is 18.8 Å². The van der Waals surface area contributed by atoms with Crippen molar-refractivity contribution in [2.45, 2.75) is 51.0 Å². The Morgan fingerprint density at radius 2 is 2.15 bits per heavy atom. The predicted octanol–water partition coefficient (Wildman–Crippen LogP) is 2.13. The Kier molecular flexibility index (Phi) is 4.07. The fourth-order valence-electron chi connectivity index (χ4n) is 2.85. The van der Waals surface area contributed by atoms with Gasteiger partial charge >= 0.3 is 0 Å². The van der Waals surface area contributed by atoms with Gasteiger partial charge < -0.3 is 4.90 Å². The van der Waals surface area contributed by atoms with Crippen LogP contribution >= 0.6 is 0 Å². The van der Waals surface area contributed by atoms with Crippen LogP contribution in [-0.2, 0) is 10.0 Å². The van der Waals surface area contributed by atoms with Gasteiger partial charge in [-0.05, 0) is 36.8 Å². The molecule has 0 amide bonds. The molecule has 0 aliphatic carbocycles. The molecule has 2 rings (SSSR count). The van der Waals surface area contributed by atoms with Gasteiger partial charge in [0.25, 0.3) is 0 Å². The van der Waals surface area contributed by atoms with E-state index in [1.54, 1.807) is 12.3 Å². The Bertz CT molecular complexity index is 578. The second-order valence-corrected chi connectivity index (χ2v) is 8.15. The van der Waals surface area contributed by atoms with E-state index in [0.29, 0.717) is 11.9 Å². The smallest absolute Gasteiger partial charge is 0.241 e. The normalized spacial score (nSPS) is 20.4. The number of hydrogen-bond acceptors (Lipinski definition) is 4. The van der Waals surface area contributed by atoms with Crippen molar-refractivity contribution in [1.29, 1.82) is 0 Å². The highest BCUT2D eigenvalue weighted by atomic mass is 32.2. The van der Waals surface area contributed by atoms with Gasteiger partial charge in [-0.3, -0.25) is 0 Å². The second-order valence-electron chi connectivity index (χ2n) is 6.62. The molecule has 0 spiro atoms. The molecule has 5 nitrogen and oxygen atoms in total. The van der Waals surface area contributed by atoms with Gasteiger partial charge in [0.2, 0.25) is 10.0 Å². The average Bonchev–Trinajstić information content (AvgIpc) is 2.73. The zero-order valence-corrected chi connectivity index (χ0v) is 13.2. The van der Waals surface area contributed by atoms with Crippen molar-refractivity contribution < 1.29 is 8.42 Å². The minimum atomic E-state index is -3.74. The van der Waals surface area contributed by atoms with Gasteiger partial charge in [0.05, 0.1) is 0 Å². The lowest BCUT2D eigenvalue weighted by Gasteiger charge is -2.31. The molecule has 1 aliphatic rings. The number of sulfonamides is 1. The number of primary sulfonamides is 1. The number of nitrogens with zero attached hydrogens (tertiary/aromatic N) is 2. The van der Waals surface area contributed by atoms with Crippen LogP contribution in [0.2, 0.25) is 0 Å².